The summed E-state index contributed by atoms with van der Waals surface area (Å²) < 4.78 is 19.4. The van der Waals surface area contributed by atoms with Crippen LogP contribution < -0.4 is 4.74 Å². The molecule has 1 aliphatic heterocycles. The lowest BCUT2D eigenvalue weighted by Crippen LogP contribution is -2.48. The minimum absolute atomic E-state index is 0.441. The molecule has 1 aromatic carbocycles. The summed E-state index contributed by atoms with van der Waals surface area (Å²) in [5, 5.41) is 12.4. The van der Waals surface area contributed by atoms with Gasteiger partial charge in [0.15, 0.2) is 0 Å². The first kappa shape index (κ1) is 20.4. The number of aromatic nitrogens is 2. The smallest absolute Gasteiger partial charge is 0.137 e. The topological polar surface area (TPSA) is 58.5 Å². The predicted molar refractivity (Wildman–Crippen MR) is 113 cm³/mol. The lowest BCUT2D eigenvalue weighted by Gasteiger charge is -2.45. The largest absolute Gasteiger partial charge is 0.497 e. The third-order valence-electron chi connectivity index (χ3n) is 5.83. The van der Waals surface area contributed by atoms with Crippen molar-refractivity contribution >= 4 is 0 Å². The molecular weight excluding hydrogens is 381 g/mol. The zero-order valence-corrected chi connectivity index (χ0v) is 17.0. The quantitative estimate of drug-likeness (QED) is 0.672. The number of likely N-dealkylation sites (tertiary alicyclic amines) is 1. The Balaban J connectivity index is 1.91. The van der Waals surface area contributed by atoms with Crippen LogP contribution in [0, 0.1) is 0 Å². The molecule has 0 amide bonds. The lowest BCUT2D eigenvalue weighted by atomic mass is 9.77. The van der Waals surface area contributed by atoms with Crippen molar-refractivity contribution in [2.24, 2.45) is 0 Å². The molecule has 3 heterocycles. The van der Waals surface area contributed by atoms with Crippen molar-refractivity contribution in [3.63, 3.8) is 0 Å². The summed E-state index contributed by atoms with van der Waals surface area (Å²) in [4.78, 5) is 10.7. The molecule has 6 heteroatoms. The van der Waals surface area contributed by atoms with Crippen LogP contribution in [-0.4, -0.2) is 46.3 Å². The molecule has 2 aromatic heterocycles. The maximum absolute atomic E-state index is 14.0. The number of halogens is 1. The average Bonchev–Trinajstić information content (AvgIpc) is 2.81. The molecule has 1 atom stereocenters. The van der Waals surface area contributed by atoms with E-state index in [1.165, 1.54) is 0 Å². The van der Waals surface area contributed by atoms with Gasteiger partial charge in [0.25, 0.3) is 0 Å². The van der Waals surface area contributed by atoms with Crippen molar-refractivity contribution in [2.45, 2.75) is 30.7 Å². The fourth-order valence-corrected chi connectivity index (χ4v) is 4.31. The van der Waals surface area contributed by atoms with E-state index in [1.54, 1.807) is 31.9 Å². The highest BCUT2D eigenvalue weighted by Crippen LogP contribution is 2.45. The van der Waals surface area contributed by atoms with Crippen LogP contribution in [0.3, 0.4) is 0 Å². The number of alkyl halides is 1. The SMILES string of the molecule is COc1cccc(C(N2CCC(F)CC2)C(O)(c2cccnc2)c2cccnc2)c1. The number of piperidine rings is 1. The minimum Gasteiger partial charge on any atom is -0.497 e. The molecule has 3 aromatic rings. The van der Waals surface area contributed by atoms with Crippen LogP contribution in [-0.2, 0) is 5.60 Å². The second-order valence-electron chi connectivity index (χ2n) is 7.64. The summed E-state index contributed by atoms with van der Waals surface area (Å²) in [6, 6.07) is 14.6. The molecule has 0 radical (unpaired) electrons. The fourth-order valence-electron chi connectivity index (χ4n) is 4.31. The number of pyridine rings is 2. The van der Waals surface area contributed by atoms with Crippen molar-refractivity contribution in [1.29, 1.82) is 0 Å². The first-order valence-electron chi connectivity index (χ1n) is 10.2. The standard InChI is InChI=1S/C24H26FN3O2/c1-30-22-8-2-5-18(15-22)23(28-13-9-21(25)10-14-28)24(29,19-6-3-11-26-16-19)20-7-4-12-27-17-20/h2-8,11-12,15-17,21,23,29H,9-10,13-14H2,1H3. The number of aliphatic hydroxyl groups is 1. The van der Waals surface area contributed by atoms with Crippen molar-refractivity contribution in [1.82, 2.24) is 14.9 Å². The van der Waals surface area contributed by atoms with E-state index in [-0.39, 0.29) is 0 Å². The van der Waals surface area contributed by atoms with Gasteiger partial charge in [-0.15, -0.1) is 0 Å². The molecule has 1 fully saturated rings. The number of benzene rings is 1. The number of hydrogen-bond acceptors (Lipinski definition) is 5. The molecule has 1 unspecified atom stereocenters. The zero-order valence-electron chi connectivity index (χ0n) is 17.0. The molecule has 1 saturated heterocycles. The highest BCUT2D eigenvalue weighted by Gasteiger charge is 2.45. The van der Waals surface area contributed by atoms with E-state index in [4.69, 9.17) is 4.74 Å². The van der Waals surface area contributed by atoms with Crippen molar-refractivity contribution in [3.8, 4) is 5.75 Å². The Bertz CT molecular complexity index is 907. The van der Waals surface area contributed by atoms with Gasteiger partial charge in [-0.25, -0.2) is 4.39 Å². The third kappa shape index (κ3) is 3.93. The Morgan fingerprint density at radius 1 is 1.03 bits per heavy atom. The summed E-state index contributed by atoms with van der Waals surface area (Å²) >= 11 is 0. The van der Waals surface area contributed by atoms with Crippen LogP contribution in [0.5, 0.6) is 5.75 Å². The Hall–Kier alpha value is -2.83. The number of rotatable bonds is 6. The van der Waals surface area contributed by atoms with Gasteiger partial charge < -0.3 is 9.84 Å². The molecule has 1 N–H and O–H groups in total. The first-order chi connectivity index (χ1) is 14.6. The van der Waals surface area contributed by atoms with Gasteiger partial charge in [0.05, 0.1) is 13.2 Å². The van der Waals surface area contributed by atoms with E-state index in [9.17, 15) is 9.50 Å². The molecule has 0 bridgehead atoms. The first-order valence-corrected chi connectivity index (χ1v) is 10.2. The molecule has 1 aliphatic rings. The van der Waals surface area contributed by atoms with E-state index in [0.717, 1.165) is 5.56 Å². The van der Waals surface area contributed by atoms with Crippen molar-refractivity contribution in [2.75, 3.05) is 20.2 Å². The van der Waals surface area contributed by atoms with Gasteiger partial charge in [0.1, 0.15) is 17.5 Å². The zero-order chi connectivity index (χ0) is 21.0. The highest BCUT2D eigenvalue weighted by molar-refractivity contribution is 5.41. The van der Waals surface area contributed by atoms with Crippen LogP contribution >= 0.6 is 0 Å². The Labute approximate surface area is 176 Å². The summed E-state index contributed by atoms with van der Waals surface area (Å²) in [5.41, 5.74) is 0.779. The van der Waals surface area contributed by atoms with Gasteiger partial charge in [-0.05, 0) is 42.7 Å². The predicted octanol–water partition coefficient (Wildman–Crippen LogP) is 3.90. The second kappa shape index (κ2) is 8.90. The summed E-state index contributed by atoms with van der Waals surface area (Å²) in [7, 11) is 1.62. The molecule has 0 saturated carbocycles. The Morgan fingerprint density at radius 2 is 1.67 bits per heavy atom. The van der Waals surface area contributed by atoms with E-state index in [0.29, 0.717) is 42.8 Å². The summed E-state index contributed by atoms with van der Waals surface area (Å²) in [6.07, 6.45) is 6.80. The average molecular weight is 407 g/mol. The van der Waals surface area contributed by atoms with Crippen LogP contribution in [0.15, 0.2) is 73.3 Å². The number of nitrogens with zero attached hydrogens (tertiary/aromatic N) is 3. The van der Waals surface area contributed by atoms with Crippen LogP contribution in [0.1, 0.15) is 35.6 Å². The van der Waals surface area contributed by atoms with Gasteiger partial charge in [0.2, 0.25) is 0 Å². The third-order valence-corrected chi connectivity index (χ3v) is 5.83. The highest BCUT2D eigenvalue weighted by atomic mass is 19.1. The second-order valence-corrected chi connectivity index (χ2v) is 7.64. The van der Waals surface area contributed by atoms with Crippen molar-refractivity contribution in [3.05, 3.63) is 90.0 Å². The van der Waals surface area contributed by atoms with E-state index in [2.05, 4.69) is 14.9 Å². The Morgan fingerprint density at radius 3 is 2.20 bits per heavy atom. The maximum atomic E-state index is 14.0. The lowest BCUT2D eigenvalue weighted by molar-refractivity contribution is -0.0374. The number of hydrogen-bond donors (Lipinski definition) is 1. The van der Waals surface area contributed by atoms with E-state index in [1.807, 2.05) is 48.5 Å². The molecule has 156 valence electrons. The molecule has 5 nitrogen and oxygen atoms in total. The number of ether oxygens (including phenoxy) is 1. The molecule has 0 spiro atoms. The molecule has 4 rings (SSSR count). The molecule has 0 aliphatic carbocycles. The monoisotopic (exact) mass is 407 g/mol. The number of methoxy groups -OCH3 is 1. The van der Waals surface area contributed by atoms with E-state index >= 15 is 0 Å². The maximum Gasteiger partial charge on any atom is 0.137 e. The van der Waals surface area contributed by atoms with Gasteiger partial charge >= 0.3 is 0 Å². The van der Waals surface area contributed by atoms with Crippen LogP contribution in [0.4, 0.5) is 4.39 Å². The summed E-state index contributed by atoms with van der Waals surface area (Å²) in [6.45, 7) is 1.09. The van der Waals surface area contributed by atoms with Crippen LogP contribution in [0.25, 0.3) is 0 Å². The van der Waals surface area contributed by atoms with Crippen molar-refractivity contribution < 1.29 is 14.2 Å². The van der Waals surface area contributed by atoms with Gasteiger partial charge in [0, 0.05) is 49.0 Å². The van der Waals surface area contributed by atoms with E-state index < -0.39 is 17.8 Å². The van der Waals surface area contributed by atoms with Gasteiger partial charge in [-0.2, -0.15) is 0 Å². The molecular formula is C24H26FN3O2. The Kier molecular flexibility index (Phi) is 6.06. The van der Waals surface area contributed by atoms with Crippen LogP contribution in [0.2, 0.25) is 0 Å². The molecule has 30 heavy (non-hydrogen) atoms. The normalized spacial score (nSPS) is 16.9. The summed E-state index contributed by atoms with van der Waals surface area (Å²) in [5.74, 6) is 0.706. The van der Waals surface area contributed by atoms with Gasteiger partial charge in [-0.1, -0.05) is 24.3 Å². The minimum atomic E-state index is -1.43. The fraction of sp³-hybridized carbons (Fsp3) is 0.333. The van der Waals surface area contributed by atoms with Gasteiger partial charge in [-0.3, -0.25) is 14.9 Å².